The third kappa shape index (κ3) is 6.15. The number of fused-ring (bicyclic) bond motifs is 1. The minimum Gasteiger partial charge on any atom is -0.387 e. The number of carbonyl (C=O) groups is 2. The molecule has 0 saturated carbocycles. The summed E-state index contributed by atoms with van der Waals surface area (Å²) in [5, 5.41) is 9.38. The third-order valence-electron chi connectivity index (χ3n) is 6.73. The van der Waals surface area contributed by atoms with E-state index in [0.717, 1.165) is 57.5 Å². The number of nitrogens with zero attached hydrogens (tertiary/aromatic N) is 2. The third-order valence-corrected chi connectivity index (χ3v) is 6.73. The molecule has 4 rings (SSSR count). The number of benzene rings is 2. The molecule has 1 saturated heterocycles. The van der Waals surface area contributed by atoms with Gasteiger partial charge in [0.15, 0.2) is 0 Å². The molecule has 0 bridgehead atoms. The van der Waals surface area contributed by atoms with Gasteiger partial charge in [0, 0.05) is 32.6 Å². The Morgan fingerprint density at radius 1 is 1.29 bits per heavy atom. The molecule has 5 N–H and O–H groups in total. The van der Waals surface area contributed by atoms with Gasteiger partial charge in [-0.25, -0.2) is 4.79 Å². The van der Waals surface area contributed by atoms with Crippen LogP contribution in [-0.4, -0.2) is 49.7 Å². The van der Waals surface area contributed by atoms with Crippen LogP contribution in [0.3, 0.4) is 0 Å². The molecular weight excluding hydrogens is 440 g/mol. The van der Waals surface area contributed by atoms with Gasteiger partial charge >= 0.3 is 6.03 Å². The van der Waals surface area contributed by atoms with Crippen molar-refractivity contribution in [2.45, 2.75) is 32.4 Å². The number of aldehydes is 1. The minimum atomic E-state index is -0.504. The number of likely N-dealkylation sites (tertiary alicyclic amines) is 1. The molecule has 8 heteroatoms. The highest BCUT2D eigenvalue weighted by Crippen LogP contribution is 2.27. The summed E-state index contributed by atoms with van der Waals surface area (Å²) in [6, 6.07) is 11.6. The zero-order chi connectivity index (χ0) is 24.6. The van der Waals surface area contributed by atoms with Crippen molar-refractivity contribution >= 4 is 35.6 Å². The maximum Gasteiger partial charge on any atom is 0.347 e. The lowest BCUT2D eigenvalue weighted by atomic mass is 9.93. The van der Waals surface area contributed by atoms with Crippen LogP contribution in [0.25, 0.3) is 6.08 Å². The van der Waals surface area contributed by atoms with E-state index in [-0.39, 0.29) is 5.92 Å². The van der Waals surface area contributed by atoms with Gasteiger partial charge in [-0.3, -0.25) is 9.69 Å². The van der Waals surface area contributed by atoms with E-state index in [1.807, 2.05) is 12.1 Å². The zero-order valence-electron chi connectivity index (χ0n) is 20.2. The highest BCUT2D eigenvalue weighted by Gasteiger charge is 2.25. The van der Waals surface area contributed by atoms with Gasteiger partial charge in [-0.05, 0) is 72.8 Å². The van der Waals surface area contributed by atoms with Crippen LogP contribution in [-0.2, 0) is 24.3 Å². The van der Waals surface area contributed by atoms with E-state index < -0.39 is 6.03 Å². The Labute approximate surface area is 206 Å². The molecule has 0 aromatic heterocycles. The molecular formula is C27H34N6O2. The highest BCUT2D eigenvalue weighted by atomic mass is 16.2. The van der Waals surface area contributed by atoms with Crippen molar-refractivity contribution in [2.75, 3.05) is 37.3 Å². The molecule has 2 heterocycles. The number of hydrogen-bond acceptors (Lipinski definition) is 5. The van der Waals surface area contributed by atoms with Crippen LogP contribution in [0.5, 0.6) is 0 Å². The number of hydrogen-bond donors (Lipinski definition) is 4. The maximum atomic E-state index is 12.7. The summed E-state index contributed by atoms with van der Waals surface area (Å²) in [5.74, 6) is 0.407. The second-order valence-electron chi connectivity index (χ2n) is 9.04. The van der Waals surface area contributed by atoms with Crippen LogP contribution in [0, 0.1) is 5.92 Å². The average molecular weight is 475 g/mol. The molecule has 0 spiro atoms. The molecule has 2 amide bonds. The quantitative estimate of drug-likeness (QED) is 0.212. The Morgan fingerprint density at radius 3 is 2.97 bits per heavy atom. The Hall–Kier alpha value is -3.49. The number of carbonyl (C=O) groups excluding carboxylic acids is 2. The van der Waals surface area contributed by atoms with Crippen molar-refractivity contribution in [3.8, 4) is 0 Å². The van der Waals surface area contributed by atoms with Gasteiger partial charge in [0.2, 0.25) is 0 Å². The van der Waals surface area contributed by atoms with E-state index >= 15 is 0 Å². The van der Waals surface area contributed by atoms with Crippen molar-refractivity contribution in [2.24, 2.45) is 16.6 Å². The summed E-state index contributed by atoms with van der Waals surface area (Å²) >= 11 is 0. The van der Waals surface area contributed by atoms with Crippen molar-refractivity contribution in [3.63, 3.8) is 0 Å². The number of urea groups is 1. The van der Waals surface area contributed by atoms with Gasteiger partial charge in [0.05, 0.1) is 11.4 Å². The van der Waals surface area contributed by atoms with Crippen LogP contribution < -0.4 is 21.7 Å². The Balaban J connectivity index is 1.41. The van der Waals surface area contributed by atoms with E-state index in [4.69, 9.17) is 5.73 Å². The normalized spacial score (nSPS) is 18.8. The smallest absolute Gasteiger partial charge is 0.347 e. The lowest BCUT2D eigenvalue weighted by molar-refractivity contribution is -0.104. The fourth-order valence-corrected chi connectivity index (χ4v) is 5.00. The molecule has 2 aromatic carbocycles. The van der Waals surface area contributed by atoms with Crippen LogP contribution in [0.2, 0.25) is 0 Å². The summed E-state index contributed by atoms with van der Waals surface area (Å²) in [6.45, 7) is 4.64. The Kier molecular flexibility index (Phi) is 8.28. The van der Waals surface area contributed by atoms with Crippen LogP contribution >= 0.6 is 0 Å². The first kappa shape index (κ1) is 24.6. The van der Waals surface area contributed by atoms with E-state index in [1.54, 1.807) is 19.2 Å². The van der Waals surface area contributed by atoms with Gasteiger partial charge < -0.3 is 21.7 Å². The first-order valence-corrected chi connectivity index (χ1v) is 12.2. The molecule has 1 fully saturated rings. The molecule has 35 heavy (non-hydrogen) atoms. The number of amidine groups is 1. The molecule has 2 aliphatic rings. The van der Waals surface area contributed by atoms with Gasteiger partial charge in [0.25, 0.3) is 0 Å². The lowest BCUT2D eigenvalue weighted by Gasteiger charge is -2.33. The molecule has 2 aliphatic heterocycles. The predicted molar refractivity (Wildman–Crippen MR) is 142 cm³/mol. The average Bonchev–Trinajstić information content (AvgIpc) is 2.88. The largest absolute Gasteiger partial charge is 0.387 e. The summed E-state index contributed by atoms with van der Waals surface area (Å²) < 4.78 is 0. The lowest BCUT2D eigenvalue weighted by Crippen LogP contribution is -2.41. The number of nitrogens with two attached hydrogens (primary N) is 1. The number of rotatable bonds is 7. The molecule has 1 unspecified atom stereocenters. The van der Waals surface area contributed by atoms with Gasteiger partial charge in [0.1, 0.15) is 12.1 Å². The van der Waals surface area contributed by atoms with Crippen LogP contribution in [0.4, 0.5) is 16.2 Å². The molecule has 1 atom stereocenters. The highest BCUT2D eigenvalue weighted by molar-refractivity contribution is 6.02. The molecule has 0 radical (unpaired) electrons. The van der Waals surface area contributed by atoms with Gasteiger partial charge in [-0.2, -0.15) is 4.99 Å². The summed E-state index contributed by atoms with van der Waals surface area (Å²) in [5.41, 5.74) is 12.6. The van der Waals surface area contributed by atoms with E-state index in [9.17, 15) is 9.59 Å². The SMILES string of the molecule is CNc1c(/C=C\C=O)cccc1NC(=O)/N=C(\N)C1CCCN(Cc2cccc3c2CNCC3)C1. The van der Waals surface area contributed by atoms with Crippen LogP contribution in [0.1, 0.15) is 35.1 Å². The van der Waals surface area contributed by atoms with E-state index in [2.05, 4.69) is 44.0 Å². The second kappa shape index (κ2) is 11.8. The summed E-state index contributed by atoms with van der Waals surface area (Å²) in [4.78, 5) is 30.0. The Morgan fingerprint density at radius 2 is 2.14 bits per heavy atom. The standard InChI is InChI=1S/C27H34N6O2/c1-29-25-20(10-5-15-34)7-3-11-24(25)31-27(35)32-26(28)22-9-4-14-33(18-22)17-21-8-2-6-19-12-13-30-16-23(19)21/h2-3,5-8,10-11,15,22,29-30H,4,9,12-14,16-18H2,1H3,(H3,28,31,32,35)/b10-5-. The number of para-hydroxylation sites is 1. The Bertz CT molecular complexity index is 1130. The number of amides is 2. The van der Waals surface area contributed by atoms with Crippen molar-refractivity contribution < 1.29 is 9.59 Å². The van der Waals surface area contributed by atoms with Gasteiger partial charge in [-0.1, -0.05) is 30.3 Å². The molecule has 0 aliphatic carbocycles. The van der Waals surface area contributed by atoms with Crippen LogP contribution in [0.15, 0.2) is 47.5 Å². The number of anilines is 2. The fraction of sp³-hybridized carbons (Fsp3) is 0.370. The van der Waals surface area contributed by atoms with Gasteiger partial charge in [-0.15, -0.1) is 0 Å². The minimum absolute atomic E-state index is 0.0396. The number of allylic oxidation sites excluding steroid dienone is 1. The van der Waals surface area contributed by atoms with E-state index in [0.29, 0.717) is 23.5 Å². The predicted octanol–water partition coefficient (Wildman–Crippen LogP) is 3.39. The molecule has 184 valence electrons. The second-order valence-corrected chi connectivity index (χ2v) is 9.04. The van der Waals surface area contributed by atoms with Crippen molar-refractivity contribution in [1.29, 1.82) is 0 Å². The fourth-order valence-electron chi connectivity index (χ4n) is 5.00. The molecule has 8 nitrogen and oxygen atoms in total. The zero-order valence-corrected chi connectivity index (χ0v) is 20.2. The number of aliphatic imine (C=N–C) groups is 1. The monoisotopic (exact) mass is 474 g/mol. The first-order chi connectivity index (χ1) is 17.1. The van der Waals surface area contributed by atoms with E-state index in [1.165, 1.54) is 22.8 Å². The summed E-state index contributed by atoms with van der Waals surface area (Å²) in [6.07, 6.45) is 6.82. The summed E-state index contributed by atoms with van der Waals surface area (Å²) in [7, 11) is 1.76. The maximum absolute atomic E-state index is 12.7. The molecule has 2 aromatic rings. The first-order valence-electron chi connectivity index (χ1n) is 12.2. The number of nitrogens with one attached hydrogen (secondary N) is 3. The number of piperidine rings is 1. The van der Waals surface area contributed by atoms with Crippen molar-refractivity contribution in [3.05, 3.63) is 64.7 Å². The topological polar surface area (TPSA) is 112 Å². The van der Waals surface area contributed by atoms with Crippen molar-refractivity contribution in [1.82, 2.24) is 10.2 Å².